The number of nitrogens with zero attached hydrogens (tertiary/aromatic N) is 1. The second-order valence-electron chi connectivity index (χ2n) is 3.65. The van der Waals surface area contributed by atoms with Crippen molar-refractivity contribution in [2.75, 3.05) is 30.8 Å². The summed E-state index contributed by atoms with van der Waals surface area (Å²) in [6, 6.07) is 3.98. The van der Waals surface area contributed by atoms with Crippen LogP contribution in [0.25, 0.3) is 0 Å². The van der Waals surface area contributed by atoms with Crippen molar-refractivity contribution in [2.45, 2.75) is 13.3 Å². The number of hydrogen-bond donors (Lipinski definition) is 1. The number of likely N-dealkylation sites (N-methyl/N-ethyl adjacent to an activating group) is 1. The topological polar surface area (TPSA) is 38.5 Å². The summed E-state index contributed by atoms with van der Waals surface area (Å²) in [4.78, 5) is 2.19. The maximum atomic E-state index is 5.84. The van der Waals surface area contributed by atoms with Gasteiger partial charge in [0.25, 0.3) is 0 Å². The van der Waals surface area contributed by atoms with E-state index in [1.165, 1.54) is 5.56 Å². The highest BCUT2D eigenvalue weighted by Crippen LogP contribution is 2.36. The van der Waals surface area contributed by atoms with Crippen LogP contribution in [0.4, 0.5) is 11.4 Å². The Labute approximate surface area is 84.5 Å². The summed E-state index contributed by atoms with van der Waals surface area (Å²) in [6.07, 6.45) is 0.960. The largest absolute Gasteiger partial charge is 0.489 e. The highest BCUT2D eigenvalue weighted by molar-refractivity contribution is 5.69. The zero-order valence-corrected chi connectivity index (χ0v) is 8.71. The number of benzene rings is 1. The van der Waals surface area contributed by atoms with Crippen LogP contribution in [-0.2, 0) is 6.42 Å². The molecular weight excluding hydrogens is 176 g/mol. The van der Waals surface area contributed by atoms with Crippen LogP contribution < -0.4 is 15.4 Å². The molecule has 0 atom stereocenters. The van der Waals surface area contributed by atoms with Gasteiger partial charge in [0, 0.05) is 12.7 Å². The molecule has 0 amide bonds. The Kier molecular flexibility index (Phi) is 2.23. The molecule has 0 saturated heterocycles. The van der Waals surface area contributed by atoms with Crippen LogP contribution in [0, 0.1) is 0 Å². The molecule has 1 heterocycles. The number of rotatable bonds is 1. The number of aryl methyl sites for hydroxylation is 1. The van der Waals surface area contributed by atoms with E-state index in [0.717, 1.165) is 36.7 Å². The number of nitrogens with two attached hydrogens (primary N) is 1. The Bertz CT molecular complexity index is 349. The minimum absolute atomic E-state index is 0.764. The molecule has 1 aromatic carbocycles. The second kappa shape index (κ2) is 3.40. The molecule has 0 spiro atoms. The molecule has 1 aromatic rings. The van der Waals surface area contributed by atoms with E-state index in [-0.39, 0.29) is 0 Å². The van der Waals surface area contributed by atoms with Gasteiger partial charge in [0.1, 0.15) is 12.4 Å². The number of fused-ring (bicyclic) bond motifs is 1. The van der Waals surface area contributed by atoms with Gasteiger partial charge in [-0.1, -0.05) is 6.92 Å². The molecule has 0 radical (unpaired) electrons. The van der Waals surface area contributed by atoms with Gasteiger partial charge in [-0.05, 0) is 24.1 Å². The maximum Gasteiger partial charge on any atom is 0.146 e. The van der Waals surface area contributed by atoms with Gasteiger partial charge in [0.2, 0.25) is 0 Å². The maximum absolute atomic E-state index is 5.84. The van der Waals surface area contributed by atoms with E-state index in [9.17, 15) is 0 Å². The van der Waals surface area contributed by atoms with Crippen LogP contribution >= 0.6 is 0 Å². The van der Waals surface area contributed by atoms with Gasteiger partial charge in [0.05, 0.1) is 12.2 Å². The SMILES string of the molecule is CCc1cc(N)cc2c1OCCN2C. The summed E-state index contributed by atoms with van der Waals surface area (Å²) >= 11 is 0. The predicted molar refractivity (Wildman–Crippen MR) is 59.0 cm³/mol. The molecule has 1 aliphatic rings. The molecule has 0 unspecified atom stereocenters. The molecule has 0 aromatic heterocycles. The van der Waals surface area contributed by atoms with Crippen molar-refractivity contribution in [3.63, 3.8) is 0 Å². The minimum atomic E-state index is 0.764. The molecule has 76 valence electrons. The fourth-order valence-corrected chi connectivity index (χ4v) is 1.81. The quantitative estimate of drug-likeness (QED) is 0.688. The van der Waals surface area contributed by atoms with Crippen LogP contribution in [0.1, 0.15) is 12.5 Å². The van der Waals surface area contributed by atoms with Crippen molar-refractivity contribution >= 4 is 11.4 Å². The normalized spacial score (nSPS) is 14.9. The number of nitrogen functional groups attached to an aromatic ring is 1. The first-order valence-corrected chi connectivity index (χ1v) is 4.98. The summed E-state index contributed by atoms with van der Waals surface area (Å²) < 4.78 is 5.67. The number of hydrogen-bond acceptors (Lipinski definition) is 3. The average Bonchev–Trinajstić information content (AvgIpc) is 2.18. The van der Waals surface area contributed by atoms with E-state index in [4.69, 9.17) is 10.5 Å². The first-order valence-electron chi connectivity index (χ1n) is 4.98. The summed E-state index contributed by atoms with van der Waals surface area (Å²) in [5, 5.41) is 0. The Morgan fingerprint density at radius 2 is 2.29 bits per heavy atom. The lowest BCUT2D eigenvalue weighted by Crippen LogP contribution is -2.29. The van der Waals surface area contributed by atoms with E-state index in [2.05, 4.69) is 18.9 Å². The van der Waals surface area contributed by atoms with Crippen molar-refractivity contribution in [3.05, 3.63) is 17.7 Å². The zero-order chi connectivity index (χ0) is 10.1. The van der Waals surface area contributed by atoms with Crippen molar-refractivity contribution < 1.29 is 4.74 Å². The predicted octanol–water partition coefficient (Wildman–Crippen LogP) is 1.66. The monoisotopic (exact) mass is 192 g/mol. The highest BCUT2D eigenvalue weighted by atomic mass is 16.5. The van der Waals surface area contributed by atoms with Crippen LogP contribution in [0.5, 0.6) is 5.75 Å². The van der Waals surface area contributed by atoms with Crippen molar-refractivity contribution in [1.29, 1.82) is 0 Å². The molecule has 0 fully saturated rings. The molecule has 2 N–H and O–H groups in total. The third-order valence-electron chi connectivity index (χ3n) is 2.63. The third-order valence-corrected chi connectivity index (χ3v) is 2.63. The van der Waals surface area contributed by atoms with Crippen molar-refractivity contribution in [2.24, 2.45) is 0 Å². The van der Waals surface area contributed by atoms with Crippen LogP contribution in [0.3, 0.4) is 0 Å². The Balaban J connectivity index is 2.54. The van der Waals surface area contributed by atoms with E-state index >= 15 is 0 Å². The smallest absolute Gasteiger partial charge is 0.146 e. The molecular formula is C11H16N2O. The van der Waals surface area contributed by atoms with Crippen molar-refractivity contribution in [1.82, 2.24) is 0 Å². The third kappa shape index (κ3) is 1.39. The van der Waals surface area contributed by atoms with Gasteiger partial charge in [-0.15, -0.1) is 0 Å². The first-order chi connectivity index (χ1) is 6.72. The van der Waals surface area contributed by atoms with Crippen LogP contribution in [-0.4, -0.2) is 20.2 Å². The van der Waals surface area contributed by atoms with E-state index in [0.29, 0.717) is 0 Å². The summed E-state index contributed by atoms with van der Waals surface area (Å²) in [5.41, 5.74) is 8.97. The Morgan fingerprint density at radius 1 is 1.50 bits per heavy atom. The van der Waals surface area contributed by atoms with Crippen molar-refractivity contribution in [3.8, 4) is 5.75 Å². The fourth-order valence-electron chi connectivity index (χ4n) is 1.81. The standard InChI is InChI=1S/C11H16N2O/c1-3-8-6-9(12)7-10-11(8)14-5-4-13(10)2/h6-7H,3-5,12H2,1-2H3. The van der Waals surface area contributed by atoms with Gasteiger partial charge in [0.15, 0.2) is 0 Å². The van der Waals surface area contributed by atoms with Crippen LogP contribution in [0.15, 0.2) is 12.1 Å². The Hall–Kier alpha value is -1.38. The molecule has 0 bridgehead atoms. The lowest BCUT2D eigenvalue weighted by molar-refractivity contribution is 0.308. The molecule has 3 nitrogen and oxygen atoms in total. The molecule has 3 heteroatoms. The van der Waals surface area contributed by atoms with Crippen LogP contribution in [0.2, 0.25) is 0 Å². The van der Waals surface area contributed by atoms with Gasteiger partial charge in [-0.3, -0.25) is 0 Å². The second-order valence-corrected chi connectivity index (χ2v) is 3.65. The molecule has 0 saturated carbocycles. The summed E-state index contributed by atoms with van der Waals surface area (Å²) in [6.45, 7) is 3.81. The highest BCUT2D eigenvalue weighted by Gasteiger charge is 2.18. The van der Waals surface area contributed by atoms with Gasteiger partial charge in [-0.25, -0.2) is 0 Å². The molecule has 14 heavy (non-hydrogen) atoms. The summed E-state index contributed by atoms with van der Waals surface area (Å²) in [7, 11) is 2.07. The average molecular weight is 192 g/mol. The number of anilines is 2. The van der Waals surface area contributed by atoms with E-state index in [1.807, 2.05) is 12.1 Å². The molecule has 0 aliphatic carbocycles. The Morgan fingerprint density at radius 3 is 3.00 bits per heavy atom. The molecule has 2 rings (SSSR count). The fraction of sp³-hybridized carbons (Fsp3) is 0.455. The van der Waals surface area contributed by atoms with Gasteiger partial charge < -0.3 is 15.4 Å². The van der Waals surface area contributed by atoms with E-state index in [1.54, 1.807) is 0 Å². The van der Waals surface area contributed by atoms with E-state index < -0.39 is 0 Å². The van der Waals surface area contributed by atoms with Gasteiger partial charge >= 0.3 is 0 Å². The number of ether oxygens (including phenoxy) is 1. The summed E-state index contributed by atoms with van der Waals surface area (Å²) in [5.74, 6) is 1.01. The zero-order valence-electron chi connectivity index (χ0n) is 8.71. The minimum Gasteiger partial charge on any atom is -0.489 e. The van der Waals surface area contributed by atoms with Gasteiger partial charge in [-0.2, -0.15) is 0 Å². The lowest BCUT2D eigenvalue weighted by Gasteiger charge is -2.29. The lowest BCUT2D eigenvalue weighted by atomic mass is 10.1. The first kappa shape index (κ1) is 9.19. The molecule has 1 aliphatic heterocycles.